The first-order valence-corrected chi connectivity index (χ1v) is 9.83. The van der Waals surface area contributed by atoms with Crippen LogP contribution in [0.25, 0.3) is 5.57 Å². The Morgan fingerprint density at radius 2 is 1.59 bits per heavy atom. The molecule has 0 saturated carbocycles. The molecule has 2 heterocycles. The normalized spacial score (nSPS) is 21.5. The van der Waals surface area contributed by atoms with Crippen LogP contribution in [-0.2, 0) is 20.6 Å². The summed E-state index contributed by atoms with van der Waals surface area (Å²) in [6.45, 7) is 9.82. The fourth-order valence-electron chi connectivity index (χ4n) is 3.69. The lowest BCUT2D eigenvalue weighted by Crippen LogP contribution is -2.41. The van der Waals surface area contributed by atoms with Gasteiger partial charge in [-0.3, -0.25) is 4.79 Å². The number of rotatable bonds is 3. The van der Waals surface area contributed by atoms with Crippen molar-refractivity contribution in [1.82, 2.24) is 0 Å². The van der Waals surface area contributed by atoms with Crippen molar-refractivity contribution in [3.05, 3.63) is 70.9 Å². The molecule has 2 aliphatic rings. The van der Waals surface area contributed by atoms with Crippen LogP contribution >= 0.6 is 0 Å². The van der Waals surface area contributed by atoms with Crippen LogP contribution in [0.4, 0.5) is 10.1 Å². The number of carbonyl (C=O) groups excluding carboxylic acids is 1. The highest BCUT2D eigenvalue weighted by Crippen LogP contribution is 2.44. The maximum absolute atomic E-state index is 15.6. The Hall–Kier alpha value is -2.44. The molecule has 2 aliphatic heterocycles. The molecule has 29 heavy (non-hydrogen) atoms. The fourth-order valence-corrected chi connectivity index (χ4v) is 3.69. The maximum atomic E-state index is 15.6. The third kappa shape index (κ3) is 3.20. The number of hydrogen-bond donors (Lipinski definition) is 0. The molecule has 4 nitrogen and oxygen atoms in total. The third-order valence-corrected chi connectivity index (χ3v) is 6.21. The number of aryl methyl sites for hydroxylation is 1. The molecule has 0 unspecified atom stereocenters. The van der Waals surface area contributed by atoms with Crippen LogP contribution in [-0.4, -0.2) is 24.2 Å². The van der Waals surface area contributed by atoms with E-state index < -0.39 is 24.0 Å². The van der Waals surface area contributed by atoms with E-state index in [0.29, 0.717) is 17.8 Å². The first-order chi connectivity index (χ1) is 13.6. The van der Waals surface area contributed by atoms with E-state index in [1.165, 1.54) is 0 Å². The number of halogens is 1. The molecule has 1 fully saturated rings. The average Bonchev–Trinajstić information content (AvgIpc) is 3.06. The summed E-state index contributed by atoms with van der Waals surface area (Å²) in [5.41, 5.74) is 1.35. The number of carbonyl (C=O) groups is 1. The highest BCUT2D eigenvalue weighted by atomic mass is 19.1. The topological polar surface area (TPSA) is 38.8 Å². The summed E-state index contributed by atoms with van der Waals surface area (Å²) in [6, 6.07) is 15.2. The third-order valence-electron chi connectivity index (χ3n) is 6.21. The molecule has 2 aromatic rings. The second-order valence-electron chi connectivity index (χ2n) is 8.65. The first-order valence-electron chi connectivity index (χ1n) is 9.83. The quantitative estimate of drug-likeness (QED) is 0.553. The molecule has 0 N–H and O–H groups in total. The van der Waals surface area contributed by atoms with Crippen LogP contribution in [0, 0.1) is 6.92 Å². The molecule has 150 valence electrons. The number of anilines is 1. The van der Waals surface area contributed by atoms with E-state index in [1.54, 1.807) is 17.0 Å². The number of benzene rings is 2. The van der Waals surface area contributed by atoms with Crippen LogP contribution in [0.1, 0.15) is 44.4 Å². The van der Waals surface area contributed by atoms with E-state index in [-0.39, 0.29) is 11.5 Å². The van der Waals surface area contributed by atoms with E-state index in [9.17, 15) is 4.79 Å². The van der Waals surface area contributed by atoms with Gasteiger partial charge in [-0.05, 0) is 51.8 Å². The van der Waals surface area contributed by atoms with E-state index in [0.717, 1.165) is 11.1 Å². The van der Waals surface area contributed by atoms with Gasteiger partial charge in [0.25, 0.3) is 5.91 Å². The van der Waals surface area contributed by atoms with E-state index in [2.05, 4.69) is 0 Å². The van der Waals surface area contributed by atoms with Gasteiger partial charge in [-0.15, -0.1) is 0 Å². The SMILES string of the molecule is Cc1ccccc1CN1C(=O)C(=C(F)B2OC(C)(C)C(C)(C)O2)c2ccccc21. The second kappa shape index (κ2) is 6.82. The number of hydrogen-bond acceptors (Lipinski definition) is 3. The van der Waals surface area contributed by atoms with Crippen molar-refractivity contribution in [2.45, 2.75) is 52.4 Å². The Morgan fingerprint density at radius 1 is 1.00 bits per heavy atom. The fraction of sp³-hybridized carbons (Fsp3) is 0.348. The number of amides is 1. The smallest absolute Gasteiger partial charge is 0.398 e. The largest absolute Gasteiger partial charge is 0.526 e. The summed E-state index contributed by atoms with van der Waals surface area (Å²) in [5.74, 6) is -0.373. The lowest BCUT2D eigenvalue weighted by atomic mass is 9.83. The standard InChI is InChI=1S/C23H25BFNO3/c1-15-10-6-7-11-16(15)14-26-18-13-9-8-12-17(18)19(21(26)27)20(25)24-28-22(2,3)23(4,5)29-24/h6-13H,14H2,1-5H3. The Labute approximate surface area is 171 Å². The monoisotopic (exact) mass is 393 g/mol. The highest BCUT2D eigenvalue weighted by molar-refractivity contribution is 6.58. The van der Waals surface area contributed by atoms with E-state index in [4.69, 9.17) is 9.31 Å². The Bertz CT molecular complexity index is 999. The zero-order valence-electron chi connectivity index (χ0n) is 17.5. The minimum Gasteiger partial charge on any atom is -0.398 e. The molecule has 1 saturated heterocycles. The summed E-state index contributed by atoms with van der Waals surface area (Å²) in [7, 11) is -1.20. The zero-order valence-corrected chi connectivity index (χ0v) is 17.5. The van der Waals surface area contributed by atoms with Gasteiger partial charge in [-0.1, -0.05) is 42.5 Å². The second-order valence-corrected chi connectivity index (χ2v) is 8.65. The lowest BCUT2D eigenvalue weighted by molar-refractivity contribution is -0.113. The van der Waals surface area contributed by atoms with Gasteiger partial charge in [-0.25, -0.2) is 4.39 Å². The van der Waals surface area contributed by atoms with Crippen molar-refractivity contribution < 1.29 is 18.5 Å². The summed E-state index contributed by atoms with van der Waals surface area (Å²) < 4.78 is 27.3. The van der Waals surface area contributed by atoms with Crippen molar-refractivity contribution in [1.29, 1.82) is 0 Å². The van der Waals surface area contributed by atoms with Crippen LogP contribution < -0.4 is 4.90 Å². The zero-order chi connectivity index (χ0) is 21.0. The van der Waals surface area contributed by atoms with Crippen molar-refractivity contribution in [2.24, 2.45) is 0 Å². The van der Waals surface area contributed by atoms with Gasteiger partial charge >= 0.3 is 7.12 Å². The molecule has 2 aromatic carbocycles. The van der Waals surface area contributed by atoms with E-state index >= 15 is 4.39 Å². The summed E-state index contributed by atoms with van der Waals surface area (Å²) in [5, 5.41) is 0. The first kappa shape index (κ1) is 19.9. The van der Waals surface area contributed by atoms with Crippen LogP contribution in [0.15, 0.2) is 54.3 Å². The van der Waals surface area contributed by atoms with Crippen molar-refractivity contribution in [2.75, 3.05) is 4.90 Å². The maximum Gasteiger partial charge on any atom is 0.526 e. The summed E-state index contributed by atoms with van der Waals surface area (Å²) in [4.78, 5) is 14.9. The van der Waals surface area contributed by atoms with Crippen LogP contribution in [0.2, 0.25) is 0 Å². The van der Waals surface area contributed by atoms with Crippen molar-refractivity contribution in [3.8, 4) is 0 Å². The molecule has 0 aromatic heterocycles. The summed E-state index contributed by atoms with van der Waals surface area (Å²) >= 11 is 0. The predicted molar refractivity (Wildman–Crippen MR) is 113 cm³/mol. The van der Waals surface area contributed by atoms with Crippen LogP contribution in [0.3, 0.4) is 0 Å². The molecule has 1 amide bonds. The van der Waals surface area contributed by atoms with Gasteiger partial charge in [0.1, 0.15) is 5.73 Å². The Morgan fingerprint density at radius 3 is 2.24 bits per heavy atom. The number of fused-ring (bicyclic) bond motifs is 1. The van der Waals surface area contributed by atoms with Gasteiger partial charge in [0.15, 0.2) is 0 Å². The molecule has 0 bridgehead atoms. The summed E-state index contributed by atoms with van der Waals surface area (Å²) in [6.07, 6.45) is 0. The Balaban J connectivity index is 1.75. The van der Waals surface area contributed by atoms with Crippen LogP contribution in [0.5, 0.6) is 0 Å². The Kier molecular flexibility index (Phi) is 4.67. The van der Waals surface area contributed by atoms with Crippen molar-refractivity contribution >= 4 is 24.3 Å². The molecule has 6 heteroatoms. The molecule has 4 rings (SSSR count). The van der Waals surface area contributed by atoms with Gasteiger partial charge < -0.3 is 14.2 Å². The van der Waals surface area contributed by atoms with Gasteiger partial charge in [0.05, 0.1) is 29.0 Å². The lowest BCUT2D eigenvalue weighted by Gasteiger charge is -2.32. The molecular weight excluding hydrogens is 368 g/mol. The number of para-hydroxylation sites is 1. The van der Waals surface area contributed by atoms with Gasteiger partial charge in [0.2, 0.25) is 0 Å². The van der Waals surface area contributed by atoms with Gasteiger partial charge in [0, 0.05) is 5.56 Å². The molecule has 0 radical (unpaired) electrons. The van der Waals surface area contributed by atoms with E-state index in [1.807, 2.05) is 71.0 Å². The molecular formula is C23H25BFNO3. The van der Waals surface area contributed by atoms with Crippen molar-refractivity contribution in [3.63, 3.8) is 0 Å². The average molecular weight is 393 g/mol. The molecule has 0 aliphatic carbocycles. The predicted octanol–water partition coefficient (Wildman–Crippen LogP) is 4.85. The minimum atomic E-state index is -1.20. The van der Waals surface area contributed by atoms with Gasteiger partial charge in [-0.2, -0.15) is 0 Å². The molecule has 0 spiro atoms. The minimum absolute atomic E-state index is 0.0210. The molecule has 0 atom stereocenters. The highest BCUT2D eigenvalue weighted by Gasteiger charge is 2.54. The number of nitrogens with zero attached hydrogens (tertiary/aromatic N) is 1.